The number of piperidine rings is 1. The van der Waals surface area contributed by atoms with E-state index in [4.69, 9.17) is 9.47 Å². The average molecular weight is 486 g/mol. The van der Waals surface area contributed by atoms with Crippen LogP contribution in [0, 0.1) is 0 Å². The van der Waals surface area contributed by atoms with Crippen molar-refractivity contribution >= 4 is 27.6 Å². The largest absolute Gasteiger partial charge is 0.492 e. The predicted octanol–water partition coefficient (Wildman–Crippen LogP) is 5.20. The highest BCUT2D eigenvalue weighted by molar-refractivity contribution is 9.10. The lowest BCUT2D eigenvalue weighted by atomic mass is 9.82. The first-order valence-electron chi connectivity index (χ1n) is 11.0. The maximum Gasteiger partial charge on any atom is 0.222 e. The highest BCUT2D eigenvalue weighted by atomic mass is 79.9. The molecule has 2 aromatic carbocycles. The number of likely N-dealkylation sites (tertiary alicyclic amines) is 1. The Kier molecular flexibility index (Phi) is 6.65. The number of ketones is 1. The molecule has 164 valence electrons. The van der Waals surface area contributed by atoms with E-state index >= 15 is 0 Å². The van der Waals surface area contributed by atoms with E-state index in [0.29, 0.717) is 63.1 Å². The second-order valence-corrected chi connectivity index (χ2v) is 9.19. The molecule has 5 nitrogen and oxygen atoms in total. The van der Waals surface area contributed by atoms with Gasteiger partial charge in [0.1, 0.15) is 17.1 Å². The minimum atomic E-state index is -0.470. The number of ether oxygens (including phenoxy) is 2. The minimum absolute atomic E-state index is 0.136. The van der Waals surface area contributed by atoms with Crippen molar-refractivity contribution in [1.29, 1.82) is 0 Å². The van der Waals surface area contributed by atoms with Gasteiger partial charge in [0.15, 0.2) is 5.78 Å². The molecule has 1 saturated heterocycles. The number of carbonyl (C=O) groups is 2. The molecular formula is C25H28BrNO4. The minimum Gasteiger partial charge on any atom is -0.492 e. The van der Waals surface area contributed by atoms with Crippen molar-refractivity contribution in [2.45, 2.75) is 51.0 Å². The lowest BCUT2D eigenvalue weighted by Gasteiger charge is -2.44. The summed E-state index contributed by atoms with van der Waals surface area (Å²) in [5.74, 6) is 1.76. The standard InChI is InChI=1S/C25H28BrNO4/c1-2-18-9-10-23(20(26)16-18)30-15-5-8-24(29)27-13-11-25(12-14-27)17-21(28)19-6-3-4-7-22(19)31-25/h3-4,6-7,9-10,16H,2,5,8,11-15,17H2,1H3. The zero-order chi connectivity index (χ0) is 21.8. The molecule has 1 amide bonds. The molecule has 2 aliphatic heterocycles. The second-order valence-electron chi connectivity index (χ2n) is 8.33. The van der Waals surface area contributed by atoms with Gasteiger partial charge in [-0.05, 0) is 58.6 Å². The van der Waals surface area contributed by atoms with E-state index in [9.17, 15) is 9.59 Å². The molecule has 0 radical (unpaired) electrons. The Hall–Kier alpha value is -2.34. The van der Waals surface area contributed by atoms with Crippen molar-refractivity contribution in [2.24, 2.45) is 0 Å². The normalized spacial score (nSPS) is 17.2. The van der Waals surface area contributed by atoms with E-state index in [1.54, 1.807) is 0 Å². The SMILES string of the molecule is CCc1ccc(OCCCC(=O)N2CCC3(CC2)CC(=O)c2ccccc2O3)c(Br)c1. The van der Waals surface area contributed by atoms with Crippen LogP contribution in [0.15, 0.2) is 46.9 Å². The molecule has 0 bridgehead atoms. The zero-order valence-corrected chi connectivity index (χ0v) is 19.4. The molecule has 2 aromatic rings. The van der Waals surface area contributed by atoms with E-state index in [2.05, 4.69) is 35.0 Å². The number of nitrogens with zero attached hydrogens (tertiary/aromatic N) is 1. The summed E-state index contributed by atoms with van der Waals surface area (Å²) >= 11 is 3.54. The quantitative estimate of drug-likeness (QED) is 0.527. The molecule has 0 N–H and O–H groups in total. The number of benzene rings is 2. The predicted molar refractivity (Wildman–Crippen MR) is 123 cm³/mol. The van der Waals surface area contributed by atoms with E-state index in [1.165, 1.54) is 5.56 Å². The van der Waals surface area contributed by atoms with Crippen LogP contribution in [0.1, 0.15) is 54.9 Å². The van der Waals surface area contributed by atoms with Gasteiger partial charge in [-0.1, -0.05) is 25.1 Å². The first-order valence-corrected chi connectivity index (χ1v) is 11.8. The Morgan fingerprint density at radius 2 is 1.97 bits per heavy atom. The van der Waals surface area contributed by atoms with Gasteiger partial charge in [-0.3, -0.25) is 9.59 Å². The zero-order valence-electron chi connectivity index (χ0n) is 17.9. The fourth-order valence-electron chi connectivity index (χ4n) is 4.33. The van der Waals surface area contributed by atoms with Gasteiger partial charge in [-0.25, -0.2) is 0 Å². The summed E-state index contributed by atoms with van der Waals surface area (Å²) in [5, 5.41) is 0. The van der Waals surface area contributed by atoms with Gasteiger partial charge < -0.3 is 14.4 Å². The summed E-state index contributed by atoms with van der Waals surface area (Å²) < 4.78 is 13.0. The highest BCUT2D eigenvalue weighted by Gasteiger charge is 2.43. The van der Waals surface area contributed by atoms with Crippen molar-refractivity contribution in [3.8, 4) is 11.5 Å². The lowest BCUT2D eigenvalue weighted by molar-refractivity contribution is -0.135. The Morgan fingerprint density at radius 3 is 2.71 bits per heavy atom. The van der Waals surface area contributed by atoms with Crippen LogP contribution in [0.25, 0.3) is 0 Å². The summed E-state index contributed by atoms with van der Waals surface area (Å²) in [7, 11) is 0. The second kappa shape index (κ2) is 9.43. The third-order valence-electron chi connectivity index (χ3n) is 6.22. The molecule has 0 aromatic heterocycles. The Bertz CT molecular complexity index is 966. The average Bonchev–Trinajstić information content (AvgIpc) is 2.78. The molecular weight excluding hydrogens is 458 g/mol. The van der Waals surface area contributed by atoms with E-state index in [-0.39, 0.29) is 11.7 Å². The number of hydrogen-bond donors (Lipinski definition) is 0. The molecule has 4 rings (SSSR count). The van der Waals surface area contributed by atoms with Crippen molar-refractivity contribution < 1.29 is 19.1 Å². The van der Waals surface area contributed by atoms with Crippen LogP contribution in [0.4, 0.5) is 0 Å². The van der Waals surface area contributed by atoms with Gasteiger partial charge in [0.25, 0.3) is 0 Å². The number of para-hydroxylation sites is 1. The topological polar surface area (TPSA) is 55.8 Å². The van der Waals surface area contributed by atoms with Crippen LogP contribution in [0.3, 0.4) is 0 Å². The van der Waals surface area contributed by atoms with Gasteiger partial charge >= 0.3 is 0 Å². The Labute approximate surface area is 191 Å². The van der Waals surface area contributed by atoms with E-state index in [0.717, 1.165) is 16.6 Å². The van der Waals surface area contributed by atoms with Gasteiger partial charge in [-0.15, -0.1) is 0 Å². The maximum atomic E-state index is 12.6. The van der Waals surface area contributed by atoms with Gasteiger partial charge in [0.2, 0.25) is 5.91 Å². The Morgan fingerprint density at radius 1 is 1.19 bits per heavy atom. The number of fused-ring (bicyclic) bond motifs is 1. The fraction of sp³-hybridized carbons (Fsp3) is 0.440. The molecule has 2 aliphatic rings. The number of rotatable bonds is 6. The molecule has 31 heavy (non-hydrogen) atoms. The van der Waals surface area contributed by atoms with Gasteiger partial charge in [0, 0.05) is 32.4 Å². The maximum absolute atomic E-state index is 12.6. The van der Waals surface area contributed by atoms with Crippen molar-refractivity contribution in [3.63, 3.8) is 0 Å². The monoisotopic (exact) mass is 485 g/mol. The number of carbonyl (C=O) groups excluding carboxylic acids is 2. The van der Waals surface area contributed by atoms with Crippen LogP contribution in [-0.2, 0) is 11.2 Å². The fourth-order valence-corrected chi connectivity index (χ4v) is 4.87. The van der Waals surface area contributed by atoms with E-state index < -0.39 is 5.60 Å². The van der Waals surface area contributed by atoms with Crippen LogP contribution in [0.2, 0.25) is 0 Å². The molecule has 1 fully saturated rings. The van der Waals surface area contributed by atoms with Crippen molar-refractivity contribution in [3.05, 3.63) is 58.1 Å². The number of amides is 1. The third kappa shape index (κ3) is 4.95. The van der Waals surface area contributed by atoms with Gasteiger partial charge in [0.05, 0.1) is 23.1 Å². The molecule has 2 heterocycles. The third-order valence-corrected chi connectivity index (χ3v) is 6.84. The smallest absolute Gasteiger partial charge is 0.222 e. The molecule has 0 atom stereocenters. The van der Waals surface area contributed by atoms with Crippen LogP contribution in [0.5, 0.6) is 11.5 Å². The van der Waals surface area contributed by atoms with Gasteiger partial charge in [-0.2, -0.15) is 0 Å². The lowest BCUT2D eigenvalue weighted by Crippen LogP contribution is -2.52. The number of Topliss-reactive ketones (excluding diaryl/α,β-unsaturated/α-hetero) is 1. The van der Waals surface area contributed by atoms with Crippen LogP contribution in [-0.4, -0.2) is 41.9 Å². The van der Waals surface area contributed by atoms with Crippen LogP contribution < -0.4 is 9.47 Å². The summed E-state index contributed by atoms with van der Waals surface area (Å²) in [6.07, 6.45) is 3.88. The molecule has 0 aliphatic carbocycles. The number of halogens is 1. The molecule has 6 heteroatoms. The van der Waals surface area contributed by atoms with Crippen molar-refractivity contribution in [1.82, 2.24) is 4.90 Å². The van der Waals surface area contributed by atoms with Crippen LogP contribution >= 0.6 is 15.9 Å². The summed E-state index contributed by atoms with van der Waals surface area (Å²) in [4.78, 5) is 27.1. The first-order chi connectivity index (χ1) is 15.0. The summed E-state index contributed by atoms with van der Waals surface area (Å²) in [5.41, 5.74) is 1.45. The van der Waals surface area contributed by atoms with Crippen molar-refractivity contribution in [2.75, 3.05) is 19.7 Å². The van der Waals surface area contributed by atoms with E-state index in [1.807, 2.05) is 35.2 Å². The number of hydrogen-bond acceptors (Lipinski definition) is 4. The molecule has 1 spiro atoms. The Balaban J connectivity index is 1.23. The molecule has 0 unspecified atom stereocenters. The number of aryl methyl sites for hydroxylation is 1. The molecule has 0 saturated carbocycles. The highest BCUT2D eigenvalue weighted by Crippen LogP contribution is 2.39. The summed E-state index contributed by atoms with van der Waals surface area (Å²) in [6, 6.07) is 13.5. The first kappa shape index (κ1) is 21.9. The summed E-state index contributed by atoms with van der Waals surface area (Å²) in [6.45, 7) is 3.87.